The van der Waals surface area contributed by atoms with E-state index in [1.165, 1.54) is 83.5 Å². The zero-order valence-corrected chi connectivity index (χ0v) is 39.5. The predicted molar refractivity (Wildman–Crippen MR) is 264 cm³/mol. The fourth-order valence-electron chi connectivity index (χ4n) is 6.98. The number of aliphatic hydroxyl groups excluding tert-OH is 2. The number of allylic oxidation sites excluding steroid dienone is 15. The van der Waals surface area contributed by atoms with Gasteiger partial charge < -0.3 is 20.3 Å². The van der Waals surface area contributed by atoms with Gasteiger partial charge in [-0.2, -0.15) is 0 Å². The number of ether oxygens (including phenoxy) is 1. The van der Waals surface area contributed by atoms with E-state index in [4.69, 9.17) is 4.74 Å². The van der Waals surface area contributed by atoms with Crippen LogP contribution in [0.25, 0.3) is 0 Å². The Kier molecular flexibility index (Phi) is 45.3. The number of hydrogen-bond acceptors (Lipinski definition) is 5. The quantitative estimate of drug-likeness (QED) is 0.0246. The molecule has 0 fully saturated rings. The Labute approximate surface area is 376 Å². The predicted octanol–water partition coefficient (Wildman–Crippen LogP) is 14.9. The normalized spacial score (nSPS) is 14.1. The van der Waals surface area contributed by atoms with Crippen LogP contribution in [0, 0.1) is 0 Å². The minimum absolute atomic E-state index is 0.0107. The zero-order chi connectivity index (χ0) is 44.5. The summed E-state index contributed by atoms with van der Waals surface area (Å²) in [5, 5.41) is 23.7. The fraction of sp³-hybridized carbons (Fsp3) is 0.673. The molecule has 0 aliphatic heterocycles. The maximum atomic E-state index is 13.2. The molecule has 0 saturated carbocycles. The first kappa shape index (κ1) is 57.8. The number of carbonyl (C=O) groups is 2. The Morgan fingerprint density at radius 1 is 0.525 bits per heavy atom. The van der Waals surface area contributed by atoms with E-state index in [2.05, 4.69) is 111 Å². The summed E-state index contributed by atoms with van der Waals surface area (Å²) in [4.78, 5) is 26.1. The number of nitrogens with one attached hydrogen (secondary N) is 1. The summed E-state index contributed by atoms with van der Waals surface area (Å²) in [5.41, 5.74) is 0. The van der Waals surface area contributed by atoms with Crippen molar-refractivity contribution in [3.63, 3.8) is 0 Å². The van der Waals surface area contributed by atoms with Gasteiger partial charge in [0, 0.05) is 12.8 Å². The van der Waals surface area contributed by atoms with Gasteiger partial charge in [-0.15, -0.1) is 0 Å². The van der Waals surface area contributed by atoms with Crippen molar-refractivity contribution in [1.82, 2.24) is 5.32 Å². The number of esters is 1. The molecule has 3 atom stereocenters. The molecule has 0 heterocycles. The maximum Gasteiger partial charge on any atom is 0.306 e. The van der Waals surface area contributed by atoms with Gasteiger partial charge in [0.25, 0.3) is 0 Å². The lowest BCUT2D eigenvalue weighted by Crippen LogP contribution is -2.46. The standard InChI is InChI=1S/C55H93NO5/c1-4-7-10-13-16-19-22-25-27-29-31-34-37-40-43-46-51(61-55(60)48-45-42-39-36-33-30-28-26-23-20-17-14-11-8-5-2)49-54(59)56-52(50-57)53(58)47-44-41-38-35-32-24-21-18-15-12-9-6-3/h7-8,10-11,14,16-17,19-20,23,25,27,31,34,40,43,51-53,57-58H,4-6,9,12-13,15,18,21-22,24,26,28-30,32-33,35-39,41-42,44-50H2,1-3H3,(H,56,59)/b10-7-,11-8+,17-14+,19-16-,23-20+,27-25-,34-31-,43-40-. The Morgan fingerprint density at radius 3 is 1.51 bits per heavy atom. The van der Waals surface area contributed by atoms with E-state index in [1.54, 1.807) is 0 Å². The smallest absolute Gasteiger partial charge is 0.306 e. The molecule has 0 rings (SSSR count). The van der Waals surface area contributed by atoms with Crippen LogP contribution in [0.1, 0.15) is 213 Å². The van der Waals surface area contributed by atoms with E-state index in [9.17, 15) is 19.8 Å². The van der Waals surface area contributed by atoms with Crippen LogP contribution in [0.3, 0.4) is 0 Å². The van der Waals surface area contributed by atoms with Crippen molar-refractivity contribution in [3.05, 3.63) is 97.2 Å². The van der Waals surface area contributed by atoms with Crippen LogP contribution in [0.4, 0.5) is 0 Å². The Balaban J connectivity index is 4.77. The number of carbonyl (C=O) groups excluding carboxylic acids is 2. The molecule has 0 saturated heterocycles. The lowest BCUT2D eigenvalue weighted by Gasteiger charge is -2.24. The lowest BCUT2D eigenvalue weighted by molar-refractivity contribution is -0.150. The van der Waals surface area contributed by atoms with Crippen LogP contribution in [0.5, 0.6) is 0 Å². The number of rotatable bonds is 43. The minimum Gasteiger partial charge on any atom is -0.461 e. The van der Waals surface area contributed by atoms with Crippen LogP contribution in [-0.4, -0.2) is 46.9 Å². The molecule has 3 unspecified atom stereocenters. The summed E-state index contributed by atoms with van der Waals surface area (Å²) in [6.07, 6.45) is 63.4. The van der Waals surface area contributed by atoms with Crippen molar-refractivity contribution in [3.8, 4) is 0 Å². The van der Waals surface area contributed by atoms with Gasteiger partial charge in [0.15, 0.2) is 0 Å². The molecule has 0 aromatic rings. The second-order valence-corrected chi connectivity index (χ2v) is 16.5. The van der Waals surface area contributed by atoms with Gasteiger partial charge in [-0.05, 0) is 64.2 Å². The SMILES string of the molecule is CC/C=C\C/C=C\C/C=C\C/C=C\C/C=C\CC(CC(=O)NC(CO)C(O)CCCCCCCCCCCCCC)OC(=O)CCCCCCCCC/C=C/C=C/C=C/CC. The van der Waals surface area contributed by atoms with Gasteiger partial charge in [0.2, 0.25) is 5.91 Å². The molecule has 348 valence electrons. The molecule has 6 nitrogen and oxygen atoms in total. The summed E-state index contributed by atoms with van der Waals surface area (Å²) in [6, 6.07) is -0.739. The molecule has 0 spiro atoms. The van der Waals surface area contributed by atoms with Crippen LogP contribution >= 0.6 is 0 Å². The summed E-state index contributed by atoms with van der Waals surface area (Å²) >= 11 is 0. The Morgan fingerprint density at radius 2 is 0.984 bits per heavy atom. The molecule has 0 aliphatic carbocycles. The fourth-order valence-corrected chi connectivity index (χ4v) is 6.98. The number of amides is 1. The van der Waals surface area contributed by atoms with Crippen molar-refractivity contribution in [2.75, 3.05) is 6.61 Å². The molecule has 0 aliphatic rings. The topological polar surface area (TPSA) is 95.9 Å². The van der Waals surface area contributed by atoms with Gasteiger partial charge in [-0.3, -0.25) is 9.59 Å². The molecule has 3 N–H and O–H groups in total. The van der Waals surface area contributed by atoms with Gasteiger partial charge in [0.1, 0.15) is 6.10 Å². The Hall–Kier alpha value is -3.22. The molecule has 0 aromatic carbocycles. The summed E-state index contributed by atoms with van der Waals surface area (Å²) in [7, 11) is 0. The first-order valence-corrected chi connectivity index (χ1v) is 25.0. The van der Waals surface area contributed by atoms with E-state index in [0.29, 0.717) is 19.3 Å². The van der Waals surface area contributed by atoms with E-state index in [1.807, 2.05) is 12.2 Å². The summed E-state index contributed by atoms with van der Waals surface area (Å²) in [6.45, 7) is 6.19. The highest BCUT2D eigenvalue weighted by atomic mass is 16.5. The second kappa shape index (κ2) is 47.8. The molecule has 6 heteroatoms. The van der Waals surface area contributed by atoms with Crippen LogP contribution in [-0.2, 0) is 14.3 Å². The Bertz CT molecular complexity index is 1220. The third kappa shape index (κ3) is 43.2. The van der Waals surface area contributed by atoms with Crippen molar-refractivity contribution in [1.29, 1.82) is 0 Å². The van der Waals surface area contributed by atoms with E-state index < -0.39 is 18.2 Å². The number of aliphatic hydroxyl groups is 2. The van der Waals surface area contributed by atoms with E-state index in [-0.39, 0.29) is 24.9 Å². The van der Waals surface area contributed by atoms with Crippen molar-refractivity contribution < 1.29 is 24.5 Å². The zero-order valence-electron chi connectivity index (χ0n) is 39.5. The molecule has 0 bridgehead atoms. The average molecular weight is 848 g/mol. The maximum absolute atomic E-state index is 13.2. The molecule has 0 radical (unpaired) electrons. The highest BCUT2D eigenvalue weighted by Crippen LogP contribution is 2.16. The lowest BCUT2D eigenvalue weighted by atomic mass is 10.0. The molecule has 0 aromatic heterocycles. The molecular formula is C55H93NO5. The highest BCUT2D eigenvalue weighted by molar-refractivity contribution is 5.77. The minimum atomic E-state index is -0.818. The summed E-state index contributed by atoms with van der Waals surface area (Å²) < 4.78 is 5.86. The van der Waals surface area contributed by atoms with Crippen molar-refractivity contribution in [2.24, 2.45) is 0 Å². The summed E-state index contributed by atoms with van der Waals surface area (Å²) in [5.74, 6) is -0.601. The van der Waals surface area contributed by atoms with Gasteiger partial charge in [0.05, 0.1) is 25.2 Å². The van der Waals surface area contributed by atoms with E-state index in [0.717, 1.165) is 83.5 Å². The average Bonchev–Trinajstić information content (AvgIpc) is 3.25. The van der Waals surface area contributed by atoms with Crippen LogP contribution < -0.4 is 5.32 Å². The van der Waals surface area contributed by atoms with Crippen molar-refractivity contribution in [2.45, 2.75) is 232 Å². The third-order valence-corrected chi connectivity index (χ3v) is 10.7. The molecule has 61 heavy (non-hydrogen) atoms. The van der Waals surface area contributed by atoms with Gasteiger partial charge >= 0.3 is 5.97 Å². The van der Waals surface area contributed by atoms with Gasteiger partial charge in [-0.25, -0.2) is 0 Å². The van der Waals surface area contributed by atoms with Crippen LogP contribution in [0.2, 0.25) is 0 Å². The number of unbranched alkanes of at least 4 members (excludes halogenated alkanes) is 18. The molecular weight excluding hydrogens is 755 g/mol. The highest BCUT2D eigenvalue weighted by Gasteiger charge is 2.23. The van der Waals surface area contributed by atoms with Crippen molar-refractivity contribution >= 4 is 11.9 Å². The second-order valence-electron chi connectivity index (χ2n) is 16.5. The van der Waals surface area contributed by atoms with Crippen LogP contribution in [0.15, 0.2) is 97.2 Å². The largest absolute Gasteiger partial charge is 0.461 e. The van der Waals surface area contributed by atoms with Gasteiger partial charge in [-0.1, -0.05) is 227 Å². The first-order valence-electron chi connectivity index (χ1n) is 25.0. The van der Waals surface area contributed by atoms with E-state index >= 15 is 0 Å². The monoisotopic (exact) mass is 848 g/mol. The molecule has 1 amide bonds. The first-order chi connectivity index (χ1) is 30.0. The third-order valence-electron chi connectivity index (χ3n) is 10.7. The number of hydrogen-bond donors (Lipinski definition) is 3.